The lowest BCUT2D eigenvalue weighted by atomic mass is 10.1. The summed E-state index contributed by atoms with van der Waals surface area (Å²) < 4.78 is 4.94. The minimum Gasteiger partial charge on any atom is -0.228 e. The van der Waals surface area contributed by atoms with Crippen molar-refractivity contribution in [2.45, 2.75) is 33.1 Å². The summed E-state index contributed by atoms with van der Waals surface area (Å²) in [5.74, 6) is 2.63. The first-order chi connectivity index (χ1) is 7.27. The van der Waals surface area contributed by atoms with Crippen molar-refractivity contribution in [2.24, 2.45) is 4.36 Å². The number of aryl methyl sites for hydroxylation is 2. The van der Waals surface area contributed by atoms with Gasteiger partial charge in [-0.15, -0.1) is 0 Å². The Morgan fingerprint density at radius 3 is 2.20 bits per heavy atom. The molecule has 0 spiro atoms. The van der Waals surface area contributed by atoms with Gasteiger partial charge in [0.25, 0.3) is 0 Å². The summed E-state index contributed by atoms with van der Waals surface area (Å²) in [6, 6.07) is 6.45. The van der Waals surface area contributed by atoms with Crippen LogP contribution < -0.4 is 0 Å². The van der Waals surface area contributed by atoms with E-state index in [2.05, 4.69) is 32.0 Å². The Morgan fingerprint density at radius 2 is 1.60 bits per heavy atom. The molecular weight excluding hydrogens is 202 g/mol. The van der Waals surface area contributed by atoms with Crippen molar-refractivity contribution in [3.63, 3.8) is 0 Å². The molecule has 1 aliphatic heterocycles. The molecule has 1 saturated heterocycles. The minimum atomic E-state index is 0.309. The normalized spacial score (nSPS) is 17.7. The molecule has 0 unspecified atom stereocenters. The maximum absolute atomic E-state index is 4.94. The lowest BCUT2D eigenvalue weighted by Gasteiger charge is -2.15. The number of hydrogen-bond acceptors (Lipinski definition) is 1. The van der Waals surface area contributed by atoms with Crippen LogP contribution >= 0.6 is 0 Å². The Bertz CT molecular complexity index is 354. The standard InChI is InChI=1S/C13H19NS/c1-11-7-6-8-12(2)13(11)14-15-9-4-3-5-10-15/h6-8H,3-5,9-10H2,1-2H3. The first kappa shape index (κ1) is 10.9. The summed E-state index contributed by atoms with van der Waals surface area (Å²) in [4.78, 5) is 0. The first-order valence-electron chi connectivity index (χ1n) is 5.73. The Hall–Kier alpha value is -0.630. The van der Waals surface area contributed by atoms with Crippen LogP contribution in [0.3, 0.4) is 0 Å². The summed E-state index contributed by atoms with van der Waals surface area (Å²) in [7, 11) is 0.309. The maximum atomic E-state index is 4.94. The quantitative estimate of drug-likeness (QED) is 0.681. The molecule has 1 nitrogen and oxygen atoms in total. The van der Waals surface area contributed by atoms with Crippen LogP contribution in [0.25, 0.3) is 0 Å². The average Bonchev–Trinajstić information content (AvgIpc) is 2.25. The van der Waals surface area contributed by atoms with Crippen LogP contribution in [-0.4, -0.2) is 11.5 Å². The molecule has 0 N–H and O–H groups in total. The highest BCUT2D eigenvalue weighted by Gasteiger charge is 2.07. The van der Waals surface area contributed by atoms with Gasteiger partial charge in [0.1, 0.15) is 0 Å². The fourth-order valence-electron chi connectivity index (χ4n) is 1.99. The monoisotopic (exact) mass is 221 g/mol. The molecule has 2 rings (SSSR count). The molecule has 1 aromatic rings. The van der Waals surface area contributed by atoms with Gasteiger partial charge in [-0.1, -0.05) is 35.3 Å². The smallest absolute Gasteiger partial charge is 0.0761 e. The number of hydrogen-bond donors (Lipinski definition) is 0. The van der Waals surface area contributed by atoms with Crippen molar-refractivity contribution in [2.75, 3.05) is 11.5 Å². The van der Waals surface area contributed by atoms with Gasteiger partial charge in [0.2, 0.25) is 0 Å². The van der Waals surface area contributed by atoms with E-state index >= 15 is 0 Å². The van der Waals surface area contributed by atoms with Gasteiger partial charge < -0.3 is 0 Å². The third-order valence-electron chi connectivity index (χ3n) is 2.92. The Kier molecular flexibility index (Phi) is 3.57. The van der Waals surface area contributed by atoms with Gasteiger partial charge in [-0.05, 0) is 37.8 Å². The van der Waals surface area contributed by atoms with E-state index in [0.717, 1.165) is 0 Å². The highest BCUT2D eigenvalue weighted by Crippen LogP contribution is 2.25. The fraction of sp³-hybridized carbons (Fsp3) is 0.538. The maximum Gasteiger partial charge on any atom is 0.0761 e. The number of benzene rings is 1. The lowest BCUT2D eigenvalue weighted by Crippen LogP contribution is -2.08. The summed E-state index contributed by atoms with van der Waals surface area (Å²) in [5, 5.41) is 0. The van der Waals surface area contributed by atoms with Crippen molar-refractivity contribution < 1.29 is 0 Å². The molecule has 1 aromatic carbocycles. The summed E-state index contributed by atoms with van der Waals surface area (Å²) in [6.07, 6.45) is 4.15. The molecule has 0 saturated carbocycles. The van der Waals surface area contributed by atoms with E-state index in [1.54, 1.807) is 0 Å². The largest absolute Gasteiger partial charge is 0.228 e. The molecule has 1 heterocycles. The van der Waals surface area contributed by atoms with Crippen molar-refractivity contribution >= 4 is 16.4 Å². The second kappa shape index (κ2) is 4.93. The Labute approximate surface area is 95.0 Å². The first-order valence-corrected chi connectivity index (χ1v) is 7.25. The van der Waals surface area contributed by atoms with Crippen LogP contribution in [0.15, 0.2) is 22.6 Å². The van der Waals surface area contributed by atoms with E-state index < -0.39 is 0 Å². The molecule has 82 valence electrons. The van der Waals surface area contributed by atoms with Gasteiger partial charge >= 0.3 is 0 Å². The van der Waals surface area contributed by atoms with E-state index in [1.165, 1.54) is 47.6 Å². The second-order valence-corrected chi connectivity index (χ2v) is 6.19. The van der Waals surface area contributed by atoms with Gasteiger partial charge in [0.05, 0.1) is 5.69 Å². The van der Waals surface area contributed by atoms with Gasteiger partial charge in [-0.3, -0.25) is 0 Å². The lowest BCUT2D eigenvalue weighted by molar-refractivity contribution is 0.759. The van der Waals surface area contributed by atoms with Crippen LogP contribution in [0.1, 0.15) is 30.4 Å². The third-order valence-corrected chi connectivity index (χ3v) is 4.88. The zero-order chi connectivity index (χ0) is 10.7. The summed E-state index contributed by atoms with van der Waals surface area (Å²) in [5.41, 5.74) is 3.91. The SMILES string of the molecule is Cc1cccc(C)c1N=S1CCCCC1. The van der Waals surface area contributed by atoms with E-state index in [9.17, 15) is 0 Å². The topological polar surface area (TPSA) is 12.4 Å². The Morgan fingerprint density at radius 1 is 1.00 bits per heavy atom. The van der Waals surface area contributed by atoms with E-state index in [4.69, 9.17) is 4.36 Å². The van der Waals surface area contributed by atoms with Crippen LogP contribution in [-0.2, 0) is 10.7 Å². The molecule has 0 aromatic heterocycles. The molecule has 0 radical (unpaired) electrons. The molecule has 0 bridgehead atoms. The highest BCUT2D eigenvalue weighted by molar-refractivity contribution is 7.87. The van der Waals surface area contributed by atoms with Crippen LogP contribution in [0, 0.1) is 13.8 Å². The molecule has 1 aliphatic rings. The van der Waals surface area contributed by atoms with Gasteiger partial charge in [-0.2, -0.15) is 0 Å². The minimum absolute atomic E-state index is 0.309. The summed E-state index contributed by atoms with van der Waals surface area (Å²) in [6.45, 7) is 4.33. The van der Waals surface area contributed by atoms with Crippen molar-refractivity contribution in [1.29, 1.82) is 0 Å². The number of rotatable bonds is 1. The molecule has 2 heteroatoms. The third kappa shape index (κ3) is 2.69. The predicted molar refractivity (Wildman–Crippen MR) is 69.0 cm³/mol. The Balaban J connectivity index is 2.29. The molecule has 0 atom stereocenters. The van der Waals surface area contributed by atoms with E-state index in [0.29, 0.717) is 10.7 Å². The van der Waals surface area contributed by atoms with Gasteiger partial charge in [-0.25, -0.2) is 4.36 Å². The van der Waals surface area contributed by atoms with Crippen molar-refractivity contribution in [1.82, 2.24) is 0 Å². The van der Waals surface area contributed by atoms with Crippen LogP contribution in [0.5, 0.6) is 0 Å². The van der Waals surface area contributed by atoms with Crippen molar-refractivity contribution in [3.05, 3.63) is 29.3 Å². The van der Waals surface area contributed by atoms with E-state index in [1.807, 2.05) is 0 Å². The number of nitrogens with zero attached hydrogens (tertiary/aromatic N) is 1. The zero-order valence-corrected chi connectivity index (χ0v) is 10.4. The van der Waals surface area contributed by atoms with Gasteiger partial charge in [0, 0.05) is 11.5 Å². The second-order valence-electron chi connectivity index (χ2n) is 4.26. The van der Waals surface area contributed by atoms with Crippen LogP contribution in [0.2, 0.25) is 0 Å². The molecule has 0 amide bonds. The zero-order valence-electron chi connectivity index (χ0n) is 9.62. The molecular formula is C13H19NS. The van der Waals surface area contributed by atoms with Gasteiger partial charge in [0.15, 0.2) is 0 Å². The molecule has 0 aliphatic carbocycles. The van der Waals surface area contributed by atoms with Crippen molar-refractivity contribution in [3.8, 4) is 0 Å². The molecule has 15 heavy (non-hydrogen) atoms. The highest BCUT2D eigenvalue weighted by atomic mass is 32.2. The average molecular weight is 221 g/mol. The van der Waals surface area contributed by atoms with Crippen LogP contribution in [0.4, 0.5) is 5.69 Å². The fourth-order valence-corrected chi connectivity index (χ4v) is 3.99. The summed E-state index contributed by atoms with van der Waals surface area (Å²) >= 11 is 0. The van der Waals surface area contributed by atoms with E-state index in [-0.39, 0.29) is 0 Å². The predicted octanol–water partition coefficient (Wildman–Crippen LogP) is 3.92. The molecule has 1 fully saturated rings.